The Kier molecular flexibility index (Phi) is 3.94. The van der Waals surface area contributed by atoms with Crippen molar-refractivity contribution in [2.75, 3.05) is 6.54 Å². The molecular formula is C10H19N. The van der Waals surface area contributed by atoms with Crippen LogP contribution in [0.1, 0.15) is 27.7 Å². The van der Waals surface area contributed by atoms with Gasteiger partial charge in [-0.15, -0.1) is 0 Å². The highest BCUT2D eigenvalue weighted by Gasteiger charge is 2.13. The zero-order valence-corrected chi connectivity index (χ0v) is 8.07. The van der Waals surface area contributed by atoms with Crippen LogP contribution in [0.5, 0.6) is 0 Å². The van der Waals surface area contributed by atoms with Crippen LogP contribution in [0, 0.1) is 5.41 Å². The van der Waals surface area contributed by atoms with Crippen molar-refractivity contribution in [3.05, 3.63) is 24.4 Å². The van der Waals surface area contributed by atoms with Gasteiger partial charge in [0.1, 0.15) is 0 Å². The fourth-order valence-corrected chi connectivity index (χ4v) is 0.565. The Bertz CT molecular complexity index is 149. The maximum absolute atomic E-state index is 3.95. The van der Waals surface area contributed by atoms with Gasteiger partial charge in [0.2, 0.25) is 0 Å². The molecule has 1 N–H and O–H groups in total. The standard InChI is InChI=1S/C10H19N/c1-6-7-8-11-9(2)10(3,4)5/h6-7,11H,2,8H2,1,3-5H3/b7-6-. The minimum Gasteiger partial charge on any atom is -0.385 e. The van der Waals surface area contributed by atoms with E-state index in [1.165, 1.54) is 0 Å². The van der Waals surface area contributed by atoms with E-state index in [1.807, 2.05) is 13.0 Å². The predicted octanol–water partition coefficient (Wildman–Crippen LogP) is 2.71. The fourth-order valence-electron chi connectivity index (χ4n) is 0.565. The van der Waals surface area contributed by atoms with E-state index in [0.717, 1.165) is 12.2 Å². The van der Waals surface area contributed by atoms with Crippen molar-refractivity contribution in [1.29, 1.82) is 0 Å². The molecule has 0 aliphatic rings. The molecule has 1 heteroatoms. The summed E-state index contributed by atoms with van der Waals surface area (Å²) in [5, 5.41) is 3.24. The monoisotopic (exact) mass is 153 g/mol. The fraction of sp³-hybridized carbons (Fsp3) is 0.600. The quantitative estimate of drug-likeness (QED) is 0.615. The summed E-state index contributed by atoms with van der Waals surface area (Å²) in [5.74, 6) is 0. The molecule has 0 aromatic heterocycles. The molecule has 64 valence electrons. The molecule has 0 bridgehead atoms. The van der Waals surface area contributed by atoms with Gasteiger partial charge in [0.25, 0.3) is 0 Å². The van der Waals surface area contributed by atoms with E-state index in [-0.39, 0.29) is 5.41 Å². The average molecular weight is 153 g/mol. The second kappa shape index (κ2) is 4.22. The lowest BCUT2D eigenvalue weighted by atomic mass is 9.93. The third-order valence-corrected chi connectivity index (χ3v) is 1.57. The van der Waals surface area contributed by atoms with Crippen LogP contribution < -0.4 is 5.32 Å². The van der Waals surface area contributed by atoms with Crippen LogP contribution in [0.4, 0.5) is 0 Å². The number of hydrogen-bond acceptors (Lipinski definition) is 1. The molecule has 11 heavy (non-hydrogen) atoms. The summed E-state index contributed by atoms with van der Waals surface area (Å²) in [6.45, 7) is 13.3. The molecule has 0 rings (SSSR count). The zero-order valence-electron chi connectivity index (χ0n) is 8.07. The van der Waals surface area contributed by atoms with Gasteiger partial charge in [-0.25, -0.2) is 0 Å². The van der Waals surface area contributed by atoms with Gasteiger partial charge >= 0.3 is 0 Å². The van der Waals surface area contributed by atoms with Gasteiger partial charge in [-0.3, -0.25) is 0 Å². The Hall–Kier alpha value is -0.720. The molecular weight excluding hydrogens is 134 g/mol. The van der Waals surface area contributed by atoms with Crippen LogP contribution in [-0.4, -0.2) is 6.54 Å². The van der Waals surface area contributed by atoms with Crippen LogP contribution in [0.25, 0.3) is 0 Å². The number of allylic oxidation sites excluding steroid dienone is 2. The van der Waals surface area contributed by atoms with Crippen LogP contribution in [0.2, 0.25) is 0 Å². The summed E-state index contributed by atoms with van der Waals surface area (Å²) >= 11 is 0. The second-order valence-corrected chi connectivity index (χ2v) is 3.68. The van der Waals surface area contributed by atoms with E-state index in [0.29, 0.717) is 0 Å². The Morgan fingerprint density at radius 3 is 2.36 bits per heavy atom. The Morgan fingerprint density at radius 1 is 1.45 bits per heavy atom. The first-order chi connectivity index (χ1) is 4.98. The van der Waals surface area contributed by atoms with Gasteiger partial charge < -0.3 is 5.32 Å². The number of rotatable bonds is 3. The van der Waals surface area contributed by atoms with E-state index in [1.54, 1.807) is 0 Å². The van der Waals surface area contributed by atoms with E-state index in [4.69, 9.17) is 0 Å². The highest BCUT2D eigenvalue weighted by molar-refractivity contribution is 5.03. The Balaban J connectivity index is 3.71. The topological polar surface area (TPSA) is 12.0 Å². The van der Waals surface area contributed by atoms with Gasteiger partial charge in [-0.05, 0) is 6.92 Å². The molecule has 1 nitrogen and oxygen atoms in total. The Labute approximate surface area is 70.2 Å². The summed E-state index contributed by atoms with van der Waals surface area (Å²) in [6.07, 6.45) is 4.11. The maximum atomic E-state index is 3.95. The summed E-state index contributed by atoms with van der Waals surface area (Å²) < 4.78 is 0. The average Bonchev–Trinajstić information content (AvgIpc) is 1.86. The summed E-state index contributed by atoms with van der Waals surface area (Å²) in [4.78, 5) is 0. The molecule has 0 radical (unpaired) electrons. The lowest BCUT2D eigenvalue weighted by molar-refractivity contribution is 0.469. The Morgan fingerprint density at radius 2 is 2.00 bits per heavy atom. The molecule has 0 saturated carbocycles. The first-order valence-electron chi connectivity index (χ1n) is 4.03. The summed E-state index contributed by atoms with van der Waals surface area (Å²) in [6, 6.07) is 0. The van der Waals surface area contributed by atoms with Gasteiger partial charge in [-0.1, -0.05) is 39.5 Å². The third-order valence-electron chi connectivity index (χ3n) is 1.57. The van der Waals surface area contributed by atoms with Crippen molar-refractivity contribution in [3.8, 4) is 0 Å². The first-order valence-corrected chi connectivity index (χ1v) is 4.03. The molecule has 0 unspecified atom stereocenters. The molecule has 0 aliphatic carbocycles. The van der Waals surface area contributed by atoms with Gasteiger partial charge in [0.05, 0.1) is 0 Å². The maximum Gasteiger partial charge on any atom is 0.0327 e. The van der Waals surface area contributed by atoms with E-state index < -0.39 is 0 Å². The van der Waals surface area contributed by atoms with Crippen molar-refractivity contribution in [1.82, 2.24) is 5.32 Å². The summed E-state index contributed by atoms with van der Waals surface area (Å²) in [7, 11) is 0. The van der Waals surface area contributed by atoms with Crippen molar-refractivity contribution in [2.45, 2.75) is 27.7 Å². The molecule has 0 heterocycles. The predicted molar refractivity (Wildman–Crippen MR) is 51.4 cm³/mol. The molecule has 0 aromatic rings. The SMILES string of the molecule is C=C(NC/C=C\C)C(C)(C)C. The van der Waals surface area contributed by atoms with E-state index >= 15 is 0 Å². The molecule has 0 amide bonds. The largest absolute Gasteiger partial charge is 0.385 e. The van der Waals surface area contributed by atoms with Gasteiger partial charge in [0, 0.05) is 17.7 Å². The molecule has 0 fully saturated rings. The van der Waals surface area contributed by atoms with Crippen LogP contribution >= 0.6 is 0 Å². The van der Waals surface area contributed by atoms with Crippen molar-refractivity contribution in [2.24, 2.45) is 5.41 Å². The minimum atomic E-state index is 0.168. The van der Waals surface area contributed by atoms with Crippen LogP contribution in [-0.2, 0) is 0 Å². The zero-order chi connectivity index (χ0) is 8.91. The highest BCUT2D eigenvalue weighted by Crippen LogP contribution is 2.20. The third kappa shape index (κ3) is 4.65. The second-order valence-electron chi connectivity index (χ2n) is 3.68. The van der Waals surface area contributed by atoms with E-state index in [2.05, 4.69) is 38.7 Å². The van der Waals surface area contributed by atoms with Crippen molar-refractivity contribution < 1.29 is 0 Å². The van der Waals surface area contributed by atoms with Gasteiger partial charge in [0.15, 0.2) is 0 Å². The molecule has 0 spiro atoms. The number of nitrogens with one attached hydrogen (secondary N) is 1. The minimum absolute atomic E-state index is 0.168. The lowest BCUT2D eigenvalue weighted by Gasteiger charge is -2.22. The molecule has 0 atom stereocenters. The van der Waals surface area contributed by atoms with Crippen LogP contribution in [0.15, 0.2) is 24.4 Å². The first kappa shape index (κ1) is 10.3. The molecule has 0 aliphatic heterocycles. The molecule has 0 saturated heterocycles. The number of hydrogen-bond donors (Lipinski definition) is 1. The van der Waals surface area contributed by atoms with Crippen molar-refractivity contribution in [3.63, 3.8) is 0 Å². The van der Waals surface area contributed by atoms with Gasteiger partial charge in [-0.2, -0.15) is 0 Å². The van der Waals surface area contributed by atoms with Crippen molar-refractivity contribution >= 4 is 0 Å². The lowest BCUT2D eigenvalue weighted by Crippen LogP contribution is -2.23. The highest BCUT2D eigenvalue weighted by atomic mass is 14.9. The smallest absolute Gasteiger partial charge is 0.0327 e. The van der Waals surface area contributed by atoms with E-state index in [9.17, 15) is 0 Å². The molecule has 0 aromatic carbocycles. The summed E-state index contributed by atoms with van der Waals surface area (Å²) in [5.41, 5.74) is 1.26. The van der Waals surface area contributed by atoms with Crippen LogP contribution in [0.3, 0.4) is 0 Å². The normalized spacial score (nSPS) is 12.0.